The van der Waals surface area contributed by atoms with E-state index in [4.69, 9.17) is 0 Å². The first-order chi connectivity index (χ1) is 8.36. The van der Waals surface area contributed by atoms with Crippen LogP contribution in [0.15, 0.2) is 18.2 Å². The van der Waals surface area contributed by atoms with Gasteiger partial charge < -0.3 is 10.2 Å². The Hall–Kier alpha value is -1.02. The highest BCUT2D eigenvalue weighted by molar-refractivity contribution is 5.59. The van der Waals surface area contributed by atoms with Crippen LogP contribution in [0.1, 0.15) is 24.0 Å². The third-order valence-corrected chi connectivity index (χ3v) is 3.98. The van der Waals surface area contributed by atoms with Crippen LogP contribution >= 0.6 is 0 Å². The first-order valence-electron chi connectivity index (χ1n) is 6.88. The quantitative estimate of drug-likeness (QED) is 0.834. The van der Waals surface area contributed by atoms with Crippen LogP contribution in [-0.2, 0) is 12.8 Å². The SMILES string of the molecule is CNCCc1ccc2c(c1)N(CC1CC1)CC2. The van der Waals surface area contributed by atoms with E-state index in [1.807, 2.05) is 7.05 Å². The van der Waals surface area contributed by atoms with Gasteiger partial charge in [0, 0.05) is 18.8 Å². The molecule has 0 radical (unpaired) electrons. The van der Waals surface area contributed by atoms with Crippen LogP contribution in [-0.4, -0.2) is 26.7 Å². The van der Waals surface area contributed by atoms with Gasteiger partial charge in [0.1, 0.15) is 0 Å². The third kappa shape index (κ3) is 2.47. The summed E-state index contributed by atoms with van der Waals surface area (Å²) in [6.07, 6.45) is 5.28. The molecule has 1 N–H and O–H groups in total. The number of hydrogen-bond donors (Lipinski definition) is 1. The lowest BCUT2D eigenvalue weighted by molar-refractivity contribution is 0.746. The topological polar surface area (TPSA) is 15.3 Å². The van der Waals surface area contributed by atoms with Gasteiger partial charge in [0.25, 0.3) is 0 Å². The van der Waals surface area contributed by atoms with E-state index in [-0.39, 0.29) is 0 Å². The number of anilines is 1. The van der Waals surface area contributed by atoms with Crippen molar-refractivity contribution in [2.24, 2.45) is 5.92 Å². The highest BCUT2D eigenvalue weighted by Crippen LogP contribution is 2.35. The Morgan fingerprint density at radius 3 is 3.00 bits per heavy atom. The zero-order valence-corrected chi connectivity index (χ0v) is 10.7. The molecule has 3 rings (SSSR count). The second kappa shape index (κ2) is 4.69. The van der Waals surface area contributed by atoms with Gasteiger partial charge in [-0.2, -0.15) is 0 Å². The van der Waals surface area contributed by atoms with Crippen molar-refractivity contribution in [1.82, 2.24) is 5.32 Å². The highest BCUT2D eigenvalue weighted by Gasteiger charge is 2.27. The summed E-state index contributed by atoms with van der Waals surface area (Å²) in [7, 11) is 2.02. The molecular weight excluding hydrogens is 208 g/mol. The van der Waals surface area contributed by atoms with Gasteiger partial charge in [-0.3, -0.25) is 0 Å². The van der Waals surface area contributed by atoms with E-state index in [0.29, 0.717) is 0 Å². The Morgan fingerprint density at radius 2 is 2.24 bits per heavy atom. The van der Waals surface area contributed by atoms with Crippen molar-refractivity contribution < 1.29 is 0 Å². The molecular formula is C15H22N2. The largest absolute Gasteiger partial charge is 0.371 e. The summed E-state index contributed by atoms with van der Waals surface area (Å²) in [5.74, 6) is 0.988. The summed E-state index contributed by atoms with van der Waals surface area (Å²) >= 11 is 0. The number of nitrogens with one attached hydrogen (secondary N) is 1. The predicted octanol–water partition coefficient (Wildman–Crippen LogP) is 2.22. The minimum absolute atomic E-state index is 0.988. The van der Waals surface area contributed by atoms with Gasteiger partial charge in [-0.1, -0.05) is 12.1 Å². The van der Waals surface area contributed by atoms with E-state index in [0.717, 1.165) is 18.9 Å². The number of likely N-dealkylation sites (N-methyl/N-ethyl adjacent to an activating group) is 1. The predicted molar refractivity (Wildman–Crippen MR) is 72.7 cm³/mol. The summed E-state index contributed by atoms with van der Waals surface area (Å²) in [5.41, 5.74) is 4.55. The van der Waals surface area contributed by atoms with Crippen LogP contribution in [0.25, 0.3) is 0 Å². The maximum absolute atomic E-state index is 3.22. The molecule has 1 aliphatic heterocycles. The summed E-state index contributed by atoms with van der Waals surface area (Å²) in [6, 6.07) is 7.06. The highest BCUT2D eigenvalue weighted by atomic mass is 15.2. The van der Waals surface area contributed by atoms with Crippen LogP contribution in [0, 0.1) is 5.92 Å². The van der Waals surface area contributed by atoms with Crippen LogP contribution in [0.5, 0.6) is 0 Å². The minimum atomic E-state index is 0.988. The van der Waals surface area contributed by atoms with Gasteiger partial charge in [-0.05, 0) is 62.4 Å². The van der Waals surface area contributed by atoms with Crippen molar-refractivity contribution in [2.45, 2.75) is 25.7 Å². The van der Waals surface area contributed by atoms with Crippen molar-refractivity contribution in [2.75, 3.05) is 31.6 Å². The monoisotopic (exact) mass is 230 g/mol. The summed E-state index contributed by atoms with van der Waals surface area (Å²) in [4.78, 5) is 2.61. The number of fused-ring (bicyclic) bond motifs is 1. The Balaban J connectivity index is 1.74. The van der Waals surface area contributed by atoms with E-state index < -0.39 is 0 Å². The number of hydrogen-bond acceptors (Lipinski definition) is 2. The summed E-state index contributed by atoms with van der Waals surface area (Å²) in [5, 5.41) is 3.22. The van der Waals surface area contributed by atoms with Crippen molar-refractivity contribution in [1.29, 1.82) is 0 Å². The zero-order valence-electron chi connectivity index (χ0n) is 10.7. The van der Waals surface area contributed by atoms with E-state index in [9.17, 15) is 0 Å². The molecule has 0 amide bonds. The Labute approximate surface area is 104 Å². The molecule has 1 aromatic rings. The normalized spacial score (nSPS) is 18.5. The Morgan fingerprint density at radius 1 is 1.35 bits per heavy atom. The van der Waals surface area contributed by atoms with Crippen molar-refractivity contribution in [3.05, 3.63) is 29.3 Å². The zero-order chi connectivity index (χ0) is 11.7. The average Bonchev–Trinajstić information content (AvgIpc) is 3.08. The molecule has 1 fully saturated rings. The lowest BCUT2D eigenvalue weighted by Crippen LogP contribution is -2.23. The first kappa shape index (κ1) is 11.1. The summed E-state index contributed by atoms with van der Waals surface area (Å²) < 4.78 is 0. The molecule has 1 saturated carbocycles. The third-order valence-electron chi connectivity index (χ3n) is 3.98. The molecule has 1 heterocycles. The lowest BCUT2D eigenvalue weighted by atomic mass is 10.1. The smallest absolute Gasteiger partial charge is 0.0402 e. The average molecular weight is 230 g/mol. The van der Waals surface area contributed by atoms with Crippen LogP contribution in [0.4, 0.5) is 5.69 Å². The molecule has 92 valence electrons. The molecule has 2 aliphatic rings. The van der Waals surface area contributed by atoms with E-state index >= 15 is 0 Å². The Kier molecular flexibility index (Phi) is 3.06. The van der Waals surface area contributed by atoms with Crippen molar-refractivity contribution in [3.8, 4) is 0 Å². The van der Waals surface area contributed by atoms with Crippen molar-refractivity contribution in [3.63, 3.8) is 0 Å². The van der Waals surface area contributed by atoms with Crippen LogP contribution < -0.4 is 10.2 Å². The van der Waals surface area contributed by atoms with Crippen LogP contribution in [0.3, 0.4) is 0 Å². The van der Waals surface area contributed by atoms with Gasteiger partial charge in [0.2, 0.25) is 0 Å². The standard InChI is InChI=1S/C15H22N2/c1-16-8-6-12-4-5-14-7-9-17(15(14)10-12)11-13-2-3-13/h4-5,10,13,16H,2-3,6-9,11H2,1H3. The fraction of sp³-hybridized carbons (Fsp3) is 0.600. The van der Waals surface area contributed by atoms with Gasteiger partial charge in [-0.15, -0.1) is 0 Å². The lowest BCUT2D eigenvalue weighted by Gasteiger charge is -2.19. The molecule has 2 nitrogen and oxygen atoms in total. The number of nitrogens with zero attached hydrogens (tertiary/aromatic N) is 1. The van der Waals surface area contributed by atoms with Crippen LogP contribution in [0.2, 0.25) is 0 Å². The molecule has 2 heteroatoms. The van der Waals surface area contributed by atoms with E-state index in [2.05, 4.69) is 28.4 Å². The van der Waals surface area contributed by atoms with Gasteiger partial charge in [-0.25, -0.2) is 0 Å². The maximum Gasteiger partial charge on any atom is 0.0402 e. The number of benzene rings is 1. The van der Waals surface area contributed by atoms with E-state index in [1.54, 1.807) is 5.56 Å². The molecule has 1 aliphatic carbocycles. The fourth-order valence-electron chi connectivity index (χ4n) is 2.72. The molecule has 0 bridgehead atoms. The van der Waals surface area contributed by atoms with Crippen molar-refractivity contribution >= 4 is 5.69 Å². The second-order valence-electron chi connectivity index (χ2n) is 5.46. The Bertz CT molecular complexity index is 396. The molecule has 0 aromatic heterocycles. The van der Waals surface area contributed by atoms with E-state index in [1.165, 1.54) is 43.6 Å². The van der Waals surface area contributed by atoms with Gasteiger partial charge in [0.05, 0.1) is 0 Å². The first-order valence-corrected chi connectivity index (χ1v) is 6.88. The second-order valence-corrected chi connectivity index (χ2v) is 5.46. The van der Waals surface area contributed by atoms with Gasteiger partial charge >= 0.3 is 0 Å². The maximum atomic E-state index is 3.22. The molecule has 0 unspecified atom stereocenters. The molecule has 0 saturated heterocycles. The molecule has 0 spiro atoms. The number of rotatable bonds is 5. The minimum Gasteiger partial charge on any atom is -0.371 e. The summed E-state index contributed by atoms with van der Waals surface area (Å²) in [6.45, 7) is 3.60. The molecule has 0 atom stereocenters. The molecule has 17 heavy (non-hydrogen) atoms. The van der Waals surface area contributed by atoms with Gasteiger partial charge in [0.15, 0.2) is 0 Å². The molecule has 1 aromatic carbocycles. The fourth-order valence-corrected chi connectivity index (χ4v) is 2.72.